The molecule has 0 saturated heterocycles. The zero-order valence-corrected chi connectivity index (χ0v) is 9.56. The number of thioether (sulfide) groups is 1. The van der Waals surface area contributed by atoms with E-state index in [4.69, 9.17) is 4.74 Å². The largest absolute Gasteiger partial charge is 0.456 e. The molecule has 0 fully saturated rings. The summed E-state index contributed by atoms with van der Waals surface area (Å²) in [6, 6.07) is 7.73. The van der Waals surface area contributed by atoms with Gasteiger partial charge in [-0.2, -0.15) is 0 Å². The number of carbonyl (C=O) groups excluding carboxylic acids is 1. The van der Waals surface area contributed by atoms with Crippen LogP contribution in [0.1, 0.15) is 12.5 Å². The Labute approximate surface area is 94.0 Å². The van der Waals surface area contributed by atoms with Crippen LogP contribution in [0.2, 0.25) is 0 Å². The van der Waals surface area contributed by atoms with E-state index >= 15 is 0 Å². The summed E-state index contributed by atoms with van der Waals surface area (Å²) >= 11 is 1.64. The highest BCUT2D eigenvalue weighted by Gasteiger charge is 1.94. The summed E-state index contributed by atoms with van der Waals surface area (Å²) in [6.45, 7) is 2.12. The molecule has 0 aliphatic carbocycles. The lowest BCUT2D eigenvalue weighted by Crippen LogP contribution is -1.99. The van der Waals surface area contributed by atoms with Crippen LogP contribution in [-0.4, -0.2) is 18.8 Å². The molecule has 0 N–H and O–H groups in total. The zero-order chi connectivity index (χ0) is 11.1. The van der Waals surface area contributed by atoms with Crippen LogP contribution in [0.25, 0.3) is 0 Å². The SMILES string of the molecule is CCOC(=O)C#Cc1cccc(SC)c1. The minimum absolute atomic E-state index is 0.359. The van der Waals surface area contributed by atoms with E-state index in [9.17, 15) is 4.79 Å². The number of hydrogen-bond donors (Lipinski definition) is 0. The van der Waals surface area contributed by atoms with Crippen molar-refractivity contribution < 1.29 is 9.53 Å². The van der Waals surface area contributed by atoms with Gasteiger partial charge in [0.15, 0.2) is 0 Å². The van der Waals surface area contributed by atoms with E-state index in [-0.39, 0.29) is 0 Å². The van der Waals surface area contributed by atoms with Gasteiger partial charge in [-0.25, -0.2) is 4.79 Å². The van der Waals surface area contributed by atoms with E-state index < -0.39 is 5.97 Å². The average Bonchev–Trinajstić information content (AvgIpc) is 2.27. The quantitative estimate of drug-likeness (QED) is 0.434. The first kappa shape index (κ1) is 11.7. The van der Waals surface area contributed by atoms with Crippen LogP contribution in [0.5, 0.6) is 0 Å². The van der Waals surface area contributed by atoms with Gasteiger partial charge in [0.05, 0.1) is 6.61 Å². The van der Waals surface area contributed by atoms with Gasteiger partial charge in [0.2, 0.25) is 0 Å². The molecule has 0 aliphatic heterocycles. The van der Waals surface area contributed by atoms with Crippen molar-refractivity contribution >= 4 is 17.7 Å². The Bertz CT molecular complexity index is 402. The summed E-state index contributed by atoms with van der Waals surface area (Å²) < 4.78 is 4.70. The fraction of sp³-hybridized carbons (Fsp3) is 0.250. The van der Waals surface area contributed by atoms with Crippen LogP contribution in [0.3, 0.4) is 0 Å². The fourth-order valence-corrected chi connectivity index (χ4v) is 1.45. The van der Waals surface area contributed by atoms with Crippen molar-refractivity contribution in [1.29, 1.82) is 0 Å². The summed E-state index contributed by atoms with van der Waals surface area (Å²) in [5, 5.41) is 0. The topological polar surface area (TPSA) is 26.3 Å². The average molecular weight is 220 g/mol. The van der Waals surface area contributed by atoms with Gasteiger partial charge in [0, 0.05) is 16.4 Å². The van der Waals surface area contributed by atoms with Crippen LogP contribution in [-0.2, 0) is 9.53 Å². The van der Waals surface area contributed by atoms with Gasteiger partial charge < -0.3 is 4.74 Å². The predicted octanol–water partition coefficient (Wildman–Crippen LogP) is 2.32. The van der Waals surface area contributed by atoms with Gasteiger partial charge in [-0.1, -0.05) is 12.0 Å². The monoisotopic (exact) mass is 220 g/mol. The Balaban J connectivity index is 2.75. The maximum Gasteiger partial charge on any atom is 0.384 e. The third kappa shape index (κ3) is 4.09. The van der Waals surface area contributed by atoms with E-state index in [1.165, 1.54) is 0 Å². The number of hydrogen-bond acceptors (Lipinski definition) is 3. The molecule has 0 aromatic heterocycles. The molecular formula is C12H12O2S. The third-order valence-corrected chi connectivity index (χ3v) is 2.38. The smallest absolute Gasteiger partial charge is 0.384 e. The highest BCUT2D eigenvalue weighted by atomic mass is 32.2. The number of ether oxygens (including phenoxy) is 1. The van der Waals surface area contributed by atoms with Gasteiger partial charge in [0.25, 0.3) is 0 Å². The van der Waals surface area contributed by atoms with Gasteiger partial charge >= 0.3 is 5.97 Å². The second-order valence-corrected chi connectivity index (χ2v) is 3.58. The Hall–Kier alpha value is -1.40. The van der Waals surface area contributed by atoms with Crippen LogP contribution in [0, 0.1) is 11.8 Å². The summed E-state index contributed by atoms with van der Waals surface area (Å²) in [5.41, 5.74) is 0.829. The van der Waals surface area contributed by atoms with Crippen molar-refractivity contribution in [2.45, 2.75) is 11.8 Å². The van der Waals surface area contributed by atoms with Crippen molar-refractivity contribution in [2.24, 2.45) is 0 Å². The van der Waals surface area contributed by atoms with Gasteiger partial charge in [0.1, 0.15) is 0 Å². The van der Waals surface area contributed by atoms with Crippen LogP contribution in [0.15, 0.2) is 29.2 Å². The lowest BCUT2D eigenvalue weighted by atomic mass is 10.2. The minimum atomic E-state index is -0.480. The van der Waals surface area contributed by atoms with Crippen LogP contribution >= 0.6 is 11.8 Å². The van der Waals surface area contributed by atoms with Crippen molar-refractivity contribution in [3.63, 3.8) is 0 Å². The molecule has 0 aliphatic rings. The van der Waals surface area contributed by atoms with E-state index in [2.05, 4.69) is 11.8 Å². The second kappa shape index (κ2) is 6.15. The van der Waals surface area contributed by atoms with Crippen molar-refractivity contribution in [3.8, 4) is 11.8 Å². The molecule has 3 heteroatoms. The first-order chi connectivity index (χ1) is 7.26. The number of carbonyl (C=O) groups is 1. The summed E-state index contributed by atoms with van der Waals surface area (Å²) in [7, 11) is 0. The molecule has 0 saturated carbocycles. The van der Waals surface area contributed by atoms with E-state index in [0.29, 0.717) is 6.61 Å². The fourth-order valence-electron chi connectivity index (χ4n) is 0.991. The Morgan fingerprint density at radius 1 is 1.53 bits per heavy atom. The molecule has 0 heterocycles. The molecule has 0 spiro atoms. The third-order valence-electron chi connectivity index (χ3n) is 1.65. The predicted molar refractivity (Wildman–Crippen MR) is 61.7 cm³/mol. The molecule has 1 aromatic carbocycles. The van der Waals surface area contributed by atoms with Crippen LogP contribution < -0.4 is 0 Å². The molecule has 15 heavy (non-hydrogen) atoms. The molecular weight excluding hydrogens is 208 g/mol. The molecule has 0 atom stereocenters. The highest BCUT2D eigenvalue weighted by molar-refractivity contribution is 7.98. The van der Waals surface area contributed by atoms with Crippen molar-refractivity contribution in [3.05, 3.63) is 29.8 Å². The summed E-state index contributed by atoms with van der Waals surface area (Å²) in [4.78, 5) is 12.1. The number of rotatable bonds is 2. The Kier molecular flexibility index (Phi) is 4.79. The molecule has 0 unspecified atom stereocenters. The van der Waals surface area contributed by atoms with Gasteiger partial charge in [-0.3, -0.25) is 0 Å². The molecule has 0 amide bonds. The zero-order valence-electron chi connectivity index (χ0n) is 8.74. The van der Waals surface area contributed by atoms with E-state index in [0.717, 1.165) is 10.5 Å². The molecule has 2 nitrogen and oxygen atoms in total. The summed E-state index contributed by atoms with van der Waals surface area (Å²) in [6.07, 6.45) is 2.00. The second-order valence-electron chi connectivity index (χ2n) is 2.70. The number of benzene rings is 1. The van der Waals surface area contributed by atoms with E-state index in [1.807, 2.05) is 30.5 Å². The first-order valence-corrected chi connectivity index (χ1v) is 5.81. The van der Waals surface area contributed by atoms with Crippen LogP contribution in [0.4, 0.5) is 0 Å². The molecule has 1 rings (SSSR count). The first-order valence-electron chi connectivity index (χ1n) is 4.59. The standard InChI is InChI=1S/C12H12O2S/c1-3-14-12(13)8-7-10-5-4-6-11(9-10)15-2/h4-6,9H,3H2,1-2H3. The molecule has 0 radical (unpaired) electrons. The highest BCUT2D eigenvalue weighted by Crippen LogP contribution is 2.14. The number of esters is 1. The van der Waals surface area contributed by atoms with Crippen molar-refractivity contribution in [1.82, 2.24) is 0 Å². The summed E-state index contributed by atoms with van der Waals surface area (Å²) in [5.74, 6) is 4.72. The van der Waals surface area contributed by atoms with Crippen molar-refractivity contribution in [2.75, 3.05) is 12.9 Å². The van der Waals surface area contributed by atoms with Gasteiger partial charge in [-0.15, -0.1) is 11.8 Å². The molecule has 0 bridgehead atoms. The Morgan fingerprint density at radius 3 is 3.00 bits per heavy atom. The maximum absolute atomic E-state index is 11.0. The lowest BCUT2D eigenvalue weighted by molar-refractivity contribution is -0.136. The van der Waals surface area contributed by atoms with E-state index in [1.54, 1.807) is 18.7 Å². The maximum atomic E-state index is 11.0. The minimum Gasteiger partial charge on any atom is -0.456 e. The molecule has 1 aromatic rings. The lowest BCUT2D eigenvalue weighted by Gasteiger charge is -1.95. The normalized spacial score (nSPS) is 8.93. The van der Waals surface area contributed by atoms with Gasteiger partial charge in [-0.05, 0) is 31.4 Å². The Morgan fingerprint density at radius 2 is 2.33 bits per heavy atom. The molecule has 78 valence electrons.